The number of hydrogen-bond acceptors (Lipinski definition) is 2. The molecule has 3 heteroatoms. The highest BCUT2D eigenvalue weighted by Crippen LogP contribution is 2.13. The molecule has 0 fully saturated rings. The zero-order valence-corrected chi connectivity index (χ0v) is 13.5. The average Bonchev–Trinajstić information content (AvgIpc) is 2.37. The lowest BCUT2D eigenvalue weighted by Crippen LogP contribution is -2.28. The maximum atomic E-state index is 12.1. The average molecular weight is 276 g/mol. The summed E-state index contributed by atoms with van der Waals surface area (Å²) in [7, 11) is 1.89. The lowest BCUT2D eigenvalue weighted by Gasteiger charge is -2.19. The fourth-order valence-electron chi connectivity index (χ4n) is 2.19. The lowest BCUT2D eigenvalue weighted by molar-refractivity contribution is -0.130. The quantitative estimate of drug-likeness (QED) is 0.776. The minimum absolute atomic E-state index is 0.218. The smallest absolute Gasteiger partial charge is 0.222 e. The minimum atomic E-state index is 0.218. The number of rotatable bonds is 7. The summed E-state index contributed by atoms with van der Waals surface area (Å²) < 4.78 is 0. The van der Waals surface area contributed by atoms with Crippen molar-refractivity contribution in [3.63, 3.8) is 0 Å². The molecular formula is C17H28N2O. The molecule has 0 bridgehead atoms. The molecule has 0 aromatic heterocycles. The second-order valence-electron chi connectivity index (χ2n) is 5.89. The number of nitrogens with one attached hydrogen (secondary N) is 1. The molecule has 0 saturated carbocycles. The third-order valence-corrected chi connectivity index (χ3v) is 3.45. The van der Waals surface area contributed by atoms with Gasteiger partial charge < -0.3 is 10.2 Å². The summed E-state index contributed by atoms with van der Waals surface area (Å²) in [6.45, 7) is 10.0. The van der Waals surface area contributed by atoms with Crippen molar-refractivity contribution >= 4 is 5.91 Å². The van der Waals surface area contributed by atoms with E-state index in [1.165, 1.54) is 16.7 Å². The van der Waals surface area contributed by atoms with Crippen molar-refractivity contribution in [2.75, 3.05) is 13.6 Å². The Kier molecular flexibility index (Phi) is 6.73. The SMILES string of the molecule is Cc1ccc(CN(C)C(=O)CCCNC(C)C)c(C)c1. The fourth-order valence-corrected chi connectivity index (χ4v) is 2.19. The molecule has 1 amide bonds. The van der Waals surface area contributed by atoms with E-state index in [2.05, 4.69) is 51.2 Å². The summed E-state index contributed by atoms with van der Waals surface area (Å²) in [6, 6.07) is 6.88. The van der Waals surface area contributed by atoms with Crippen molar-refractivity contribution in [2.45, 2.75) is 53.1 Å². The third kappa shape index (κ3) is 5.74. The molecule has 1 rings (SSSR count). The van der Waals surface area contributed by atoms with E-state index < -0.39 is 0 Å². The van der Waals surface area contributed by atoms with E-state index >= 15 is 0 Å². The van der Waals surface area contributed by atoms with Gasteiger partial charge in [0.05, 0.1) is 0 Å². The van der Waals surface area contributed by atoms with E-state index in [0.29, 0.717) is 19.0 Å². The zero-order valence-electron chi connectivity index (χ0n) is 13.5. The van der Waals surface area contributed by atoms with Crippen LogP contribution in [-0.2, 0) is 11.3 Å². The first-order valence-corrected chi connectivity index (χ1v) is 7.43. The van der Waals surface area contributed by atoms with Crippen LogP contribution in [0.1, 0.15) is 43.4 Å². The Hall–Kier alpha value is -1.35. The summed E-state index contributed by atoms with van der Waals surface area (Å²) >= 11 is 0. The van der Waals surface area contributed by atoms with Gasteiger partial charge in [-0.05, 0) is 37.9 Å². The van der Waals surface area contributed by atoms with Gasteiger partial charge in [-0.25, -0.2) is 0 Å². The molecule has 0 aliphatic heterocycles. The molecule has 1 aromatic carbocycles. The van der Waals surface area contributed by atoms with Gasteiger partial charge in [0.15, 0.2) is 0 Å². The van der Waals surface area contributed by atoms with Crippen molar-refractivity contribution in [1.29, 1.82) is 0 Å². The van der Waals surface area contributed by atoms with Gasteiger partial charge in [-0.15, -0.1) is 0 Å². The van der Waals surface area contributed by atoms with Gasteiger partial charge in [-0.3, -0.25) is 4.79 Å². The highest BCUT2D eigenvalue weighted by molar-refractivity contribution is 5.75. The number of amides is 1. The van der Waals surface area contributed by atoms with Crippen molar-refractivity contribution in [3.05, 3.63) is 34.9 Å². The van der Waals surface area contributed by atoms with E-state index in [4.69, 9.17) is 0 Å². The molecule has 1 aromatic rings. The Morgan fingerprint density at radius 1 is 1.30 bits per heavy atom. The van der Waals surface area contributed by atoms with Crippen LogP contribution in [0.15, 0.2) is 18.2 Å². The zero-order chi connectivity index (χ0) is 15.1. The van der Waals surface area contributed by atoms with Crippen molar-refractivity contribution in [1.82, 2.24) is 10.2 Å². The number of hydrogen-bond donors (Lipinski definition) is 1. The summed E-state index contributed by atoms with van der Waals surface area (Å²) in [5.74, 6) is 0.218. The Morgan fingerprint density at radius 2 is 2.00 bits per heavy atom. The number of carbonyl (C=O) groups is 1. The van der Waals surface area contributed by atoms with Crippen molar-refractivity contribution < 1.29 is 4.79 Å². The van der Waals surface area contributed by atoms with Gasteiger partial charge in [0.25, 0.3) is 0 Å². The van der Waals surface area contributed by atoms with Crippen LogP contribution >= 0.6 is 0 Å². The van der Waals surface area contributed by atoms with Crippen LogP contribution in [0.4, 0.5) is 0 Å². The summed E-state index contributed by atoms with van der Waals surface area (Å²) in [5.41, 5.74) is 3.75. The van der Waals surface area contributed by atoms with Crippen LogP contribution in [0.5, 0.6) is 0 Å². The molecule has 0 atom stereocenters. The highest BCUT2D eigenvalue weighted by Gasteiger charge is 2.10. The Balaban J connectivity index is 2.41. The highest BCUT2D eigenvalue weighted by atomic mass is 16.2. The van der Waals surface area contributed by atoms with E-state index in [1.54, 1.807) is 0 Å². The molecule has 3 nitrogen and oxygen atoms in total. The number of nitrogens with zero attached hydrogens (tertiary/aromatic N) is 1. The molecule has 0 saturated heterocycles. The van der Waals surface area contributed by atoms with Crippen LogP contribution in [-0.4, -0.2) is 30.4 Å². The number of aryl methyl sites for hydroxylation is 2. The van der Waals surface area contributed by atoms with E-state index in [1.807, 2.05) is 11.9 Å². The second-order valence-corrected chi connectivity index (χ2v) is 5.89. The number of benzene rings is 1. The molecule has 112 valence electrons. The molecule has 0 aliphatic carbocycles. The van der Waals surface area contributed by atoms with Gasteiger partial charge in [0.1, 0.15) is 0 Å². The Labute approximate surface area is 123 Å². The molecule has 0 unspecified atom stereocenters. The van der Waals surface area contributed by atoms with Crippen molar-refractivity contribution in [2.24, 2.45) is 0 Å². The lowest BCUT2D eigenvalue weighted by atomic mass is 10.1. The molecule has 0 heterocycles. The first-order valence-electron chi connectivity index (χ1n) is 7.43. The van der Waals surface area contributed by atoms with Gasteiger partial charge in [0.2, 0.25) is 5.91 Å². The fraction of sp³-hybridized carbons (Fsp3) is 0.588. The maximum Gasteiger partial charge on any atom is 0.222 e. The van der Waals surface area contributed by atoms with Crippen LogP contribution in [0.25, 0.3) is 0 Å². The van der Waals surface area contributed by atoms with Crippen LogP contribution < -0.4 is 5.32 Å². The first-order chi connectivity index (χ1) is 9.40. The van der Waals surface area contributed by atoms with Gasteiger partial charge in [-0.1, -0.05) is 37.6 Å². The Bertz CT molecular complexity index is 441. The topological polar surface area (TPSA) is 32.3 Å². The summed E-state index contributed by atoms with van der Waals surface area (Å²) in [4.78, 5) is 13.9. The van der Waals surface area contributed by atoms with E-state index in [9.17, 15) is 4.79 Å². The molecule has 0 radical (unpaired) electrons. The van der Waals surface area contributed by atoms with Crippen molar-refractivity contribution in [3.8, 4) is 0 Å². The molecule has 20 heavy (non-hydrogen) atoms. The second kappa shape index (κ2) is 8.05. The molecule has 1 N–H and O–H groups in total. The maximum absolute atomic E-state index is 12.1. The molecular weight excluding hydrogens is 248 g/mol. The van der Waals surface area contributed by atoms with Crippen LogP contribution in [0.3, 0.4) is 0 Å². The molecule has 0 spiro atoms. The van der Waals surface area contributed by atoms with Crippen LogP contribution in [0.2, 0.25) is 0 Å². The summed E-state index contributed by atoms with van der Waals surface area (Å²) in [5, 5.41) is 3.33. The molecule has 0 aliphatic rings. The summed E-state index contributed by atoms with van der Waals surface area (Å²) in [6.07, 6.45) is 1.51. The largest absolute Gasteiger partial charge is 0.341 e. The number of carbonyl (C=O) groups excluding carboxylic acids is 1. The predicted octanol–water partition coefficient (Wildman–Crippen LogP) is 3.04. The van der Waals surface area contributed by atoms with E-state index in [-0.39, 0.29) is 5.91 Å². The van der Waals surface area contributed by atoms with E-state index in [0.717, 1.165) is 13.0 Å². The van der Waals surface area contributed by atoms with Crippen LogP contribution in [0, 0.1) is 13.8 Å². The minimum Gasteiger partial charge on any atom is -0.341 e. The van der Waals surface area contributed by atoms with Gasteiger partial charge in [0, 0.05) is 26.1 Å². The van der Waals surface area contributed by atoms with Gasteiger partial charge in [-0.2, -0.15) is 0 Å². The Morgan fingerprint density at radius 3 is 2.60 bits per heavy atom. The monoisotopic (exact) mass is 276 g/mol. The van der Waals surface area contributed by atoms with Gasteiger partial charge >= 0.3 is 0 Å². The third-order valence-electron chi connectivity index (χ3n) is 3.45. The first kappa shape index (κ1) is 16.7. The normalized spacial score (nSPS) is 10.9. The standard InChI is InChI=1S/C17H28N2O/c1-13(2)18-10-6-7-17(20)19(5)12-16-9-8-14(3)11-15(16)4/h8-9,11,13,18H,6-7,10,12H2,1-5H3. The predicted molar refractivity (Wildman–Crippen MR) is 84.8 cm³/mol.